The Kier molecular flexibility index (Phi) is 7.23. The number of hydrogen-bond donors (Lipinski definition) is 0. The zero-order valence-electron chi connectivity index (χ0n) is 19.4. The molecule has 1 amide bonds. The smallest absolute Gasteiger partial charge is 0.266 e. The third-order valence-electron chi connectivity index (χ3n) is 5.82. The Morgan fingerprint density at radius 3 is 2.47 bits per heavy atom. The van der Waals surface area contributed by atoms with Crippen molar-refractivity contribution >= 4 is 51.9 Å². The summed E-state index contributed by atoms with van der Waals surface area (Å²) in [6, 6.07) is 25.4. The molecule has 180 valence electrons. The number of hydrogen-bond acceptors (Lipinski definition) is 5. The molecular weight excluding hydrogens is 510 g/mol. The second-order valence-corrected chi connectivity index (χ2v) is 10.2. The second-order valence-electron chi connectivity index (χ2n) is 8.13. The number of halogens is 1. The molecule has 0 spiro atoms. The molecule has 8 heteroatoms. The topological polar surface area (TPSA) is 47.4 Å². The molecule has 0 N–H and O–H groups in total. The minimum Gasteiger partial charge on any atom is -0.495 e. The van der Waals surface area contributed by atoms with E-state index in [-0.39, 0.29) is 5.91 Å². The summed E-state index contributed by atoms with van der Waals surface area (Å²) in [5.41, 5.74) is 4.40. The van der Waals surface area contributed by atoms with Gasteiger partial charge in [0.05, 0.1) is 22.7 Å². The molecule has 0 bridgehead atoms. The summed E-state index contributed by atoms with van der Waals surface area (Å²) >= 11 is 13.3. The van der Waals surface area contributed by atoms with Crippen LogP contribution in [0.15, 0.2) is 90.0 Å². The van der Waals surface area contributed by atoms with Gasteiger partial charge in [-0.3, -0.25) is 9.69 Å². The van der Waals surface area contributed by atoms with Crippen molar-refractivity contribution in [1.29, 1.82) is 0 Å². The Labute approximate surface area is 224 Å². The number of carbonyl (C=O) groups is 1. The van der Waals surface area contributed by atoms with Crippen LogP contribution in [-0.2, 0) is 11.2 Å². The number of carbonyl (C=O) groups excluding carboxylic acids is 1. The fourth-order valence-electron chi connectivity index (χ4n) is 3.96. The summed E-state index contributed by atoms with van der Waals surface area (Å²) < 4.78 is 7.67. The quantitative estimate of drug-likeness (QED) is 0.197. The van der Waals surface area contributed by atoms with Gasteiger partial charge in [0.2, 0.25) is 0 Å². The zero-order valence-corrected chi connectivity index (χ0v) is 21.8. The minimum atomic E-state index is -0.0906. The molecule has 1 saturated heterocycles. The Balaban J connectivity index is 1.49. The largest absolute Gasteiger partial charge is 0.495 e. The van der Waals surface area contributed by atoms with E-state index < -0.39 is 0 Å². The maximum Gasteiger partial charge on any atom is 0.266 e. The van der Waals surface area contributed by atoms with Crippen LogP contribution in [0.5, 0.6) is 5.75 Å². The van der Waals surface area contributed by atoms with E-state index in [1.807, 2.05) is 79.0 Å². The fraction of sp³-hybridized carbons (Fsp3) is 0.107. The first-order chi connectivity index (χ1) is 17.5. The summed E-state index contributed by atoms with van der Waals surface area (Å²) in [5.74, 6) is 0.496. The number of para-hydroxylation sites is 1. The van der Waals surface area contributed by atoms with Crippen LogP contribution in [0.4, 0.5) is 0 Å². The Morgan fingerprint density at radius 1 is 1.06 bits per heavy atom. The van der Waals surface area contributed by atoms with Gasteiger partial charge in [0.25, 0.3) is 5.91 Å². The van der Waals surface area contributed by atoms with E-state index in [9.17, 15) is 4.79 Å². The van der Waals surface area contributed by atoms with Gasteiger partial charge < -0.3 is 4.74 Å². The molecule has 0 unspecified atom stereocenters. The first-order valence-corrected chi connectivity index (χ1v) is 12.9. The summed E-state index contributed by atoms with van der Waals surface area (Å²) in [7, 11) is 1.58. The molecule has 0 radical (unpaired) electrons. The van der Waals surface area contributed by atoms with Crippen molar-refractivity contribution in [1.82, 2.24) is 14.7 Å². The first kappa shape index (κ1) is 24.3. The molecule has 1 fully saturated rings. The van der Waals surface area contributed by atoms with Gasteiger partial charge in [-0.25, -0.2) is 4.68 Å². The molecule has 1 aliphatic rings. The molecule has 2 heterocycles. The van der Waals surface area contributed by atoms with Crippen molar-refractivity contribution in [3.63, 3.8) is 0 Å². The summed E-state index contributed by atoms with van der Waals surface area (Å²) in [4.78, 5) is 15.5. The van der Waals surface area contributed by atoms with Gasteiger partial charge in [-0.2, -0.15) is 5.10 Å². The highest BCUT2D eigenvalue weighted by molar-refractivity contribution is 8.26. The first-order valence-electron chi connectivity index (χ1n) is 11.3. The molecule has 5 nitrogen and oxygen atoms in total. The molecular formula is C28H22ClN3O2S2. The third-order valence-corrected chi connectivity index (χ3v) is 7.49. The number of amides is 1. The number of aromatic nitrogens is 2. The van der Waals surface area contributed by atoms with Crippen LogP contribution in [0.25, 0.3) is 23.0 Å². The number of methoxy groups -OCH3 is 1. The molecule has 5 rings (SSSR count). The van der Waals surface area contributed by atoms with Crippen molar-refractivity contribution < 1.29 is 9.53 Å². The predicted molar refractivity (Wildman–Crippen MR) is 151 cm³/mol. The SMILES string of the molecule is COc1ccc(-c2nn(-c3ccccc3)cc2C=C2SC(=S)N(CCc3ccccc3)C2=O)cc1Cl. The van der Waals surface area contributed by atoms with Crippen molar-refractivity contribution in [2.24, 2.45) is 0 Å². The van der Waals surface area contributed by atoms with Crippen LogP contribution in [0.2, 0.25) is 5.02 Å². The van der Waals surface area contributed by atoms with Gasteiger partial charge in [-0.05, 0) is 48.4 Å². The van der Waals surface area contributed by atoms with Crippen LogP contribution in [0.3, 0.4) is 0 Å². The fourth-order valence-corrected chi connectivity index (χ4v) is 5.52. The van der Waals surface area contributed by atoms with Gasteiger partial charge >= 0.3 is 0 Å². The van der Waals surface area contributed by atoms with Crippen molar-refractivity contribution in [3.8, 4) is 22.7 Å². The van der Waals surface area contributed by atoms with E-state index in [2.05, 4.69) is 12.1 Å². The Morgan fingerprint density at radius 2 is 1.78 bits per heavy atom. The lowest BCUT2D eigenvalue weighted by molar-refractivity contribution is -0.122. The third kappa shape index (κ3) is 5.09. The van der Waals surface area contributed by atoms with Crippen LogP contribution in [0, 0.1) is 0 Å². The van der Waals surface area contributed by atoms with Crippen molar-refractivity contribution in [2.75, 3.05) is 13.7 Å². The highest BCUT2D eigenvalue weighted by atomic mass is 35.5. The highest BCUT2D eigenvalue weighted by Crippen LogP contribution is 2.36. The predicted octanol–water partition coefficient (Wildman–Crippen LogP) is 6.65. The Hall–Kier alpha value is -3.39. The average Bonchev–Trinajstić information content (AvgIpc) is 3.44. The lowest BCUT2D eigenvalue weighted by atomic mass is 10.1. The van der Waals surface area contributed by atoms with E-state index in [0.717, 1.165) is 23.2 Å². The van der Waals surface area contributed by atoms with Gasteiger partial charge in [0.1, 0.15) is 15.8 Å². The van der Waals surface area contributed by atoms with E-state index >= 15 is 0 Å². The second kappa shape index (κ2) is 10.7. The summed E-state index contributed by atoms with van der Waals surface area (Å²) in [5, 5.41) is 5.32. The molecule has 0 atom stereocenters. The molecule has 36 heavy (non-hydrogen) atoms. The van der Waals surface area contributed by atoms with Crippen molar-refractivity contribution in [2.45, 2.75) is 6.42 Å². The molecule has 1 aliphatic heterocycles. The lowest BCUT2D eigenvalue weighted by Gasteiger charge is -2.14. The normalized spacial score (nSPS) is 14.6. The van der Waals surface area contributed by atoms with Crippen LogP contribution >= 0.6 is 35.6 Å². The summed E-state index contributed by atoms with van der Waals surface area (Å²) in [6.45, 7) is 0.538. The van der Waals surface area contributed by atoms with Crippen LogP contribution in [-0.4, -0.2) is 38.6 Å². The molecule has 0 aliphatic carbocycles. The monoisotopic (exact) mass is 531 g/mol. The average molecular weight is 532 g/mol. The van der Waals surface area contributed by atoms with E-state index in [1.54, 1.807) is 16.7 Å². The maximum absolute atomic E-state index is 13.3. The van der Waals surface area contributed by atoms with E-state index in [0.29, 0.717) is 32.2 Å². The Bertz CT molecular complexity index is 1450. The van der Waals surface area contributed by atoms with Crippen molar-refractivity contribution in [3.05, 3.63) is 106 Å². The summed E-state index contributed by atoms with van der Waals surface area (Å²) in [6.07, 6.45) is 4.52. The number of rotatable bonds is 7. The maximum atomic E-state index is 13.3. The van der Waals surface area contributed by atoms with Gasteiger partial charge in [-0.15, -0.1) is 0 Å². The minimum absolute atomic E-state index is 0.0906. The van der Waals surface area contributed by atoms with E-state index in [1.165, 1.54) is 17.3 Å². The molecule has 0 saturated carbocycles. The van der Waals surface area contributed by atoms with Crippen LogP contribution < -0.4 is 4.74 Å². The lowest BCUT2D eigenvalue weighted by Crippen LogP contribution is -2.30. The van der Waals surface area contributed by atoms with Gasteiger partial charge in [0.15, 0.2) is 0 Å². The molecule has 3 aromatic carbocycles. The van der Waals surface area contributed by atoms with E-state index in [4.69, 9.17) is 33.7 Å². The number of thioether (sulfide) groups is 1. The molecule has 1 aromatic heterocycles. The van der Waals surface area contributed by atoms with Gasteiger partial charge in [-0.1, -0.05) is 84.1 Å². The highest BCUT2D eigenvalue weighted by Gasteiger charge is 2.32. The zero-order chi connectivity index (χ0) is 25.1. The number of nitrogens with zero attached hydrogens (tertiary/aromatic N) is 3. The number of benzene rings is 3. The van der Waals surface area contributed by atoms with Gasteiger partial charge in [0, 0.05) is 23.9 Å². The number of thiocarbonyl (C=S) groups is 1. The van der Waals surface area contributed by atoms with Crippen LogP contribution in [0.1, 0.15) is 11.1 Å². The number of ether oxygens (including phenoxy) is 1. The standard InChI is InChI=1S/C28H22ClN3O2S2/c1-34-24-13-12-20(16-23(24)29)26-21(18-32(30-26)22-10-6-3-7-11-22)17-25-27(33)31(28(35)36-25)15-14-19-8-4-2-5-9-19/h2-13,16-18H,14-15H2,1H3. The molecule has 4 aromatic rings.